The molecule has 3 saturated heterocycles. The minimum atomic E-state index is -2.54. The number of nitrogens with one attached hydrogen (secondary N) is 5. The van der Waals surface area contributed by atoms with Crippen molar-refractivity contribution in [2.75, 3.05) is 26.2 Å². The molecule has 32 nitrogen and oxygen atoms in total. The third-order valence-corrected chi connectivity index (χ3v) is 16.9. The molecular weight excluding hydrogens is 1260 g/mol. The summed E-state index contributed by atoms with van der Waals surface area (Å²) in [4.78, 5) is 120. The SMILES string of the molecule is CCCCCOc1ccc(-c2nn3cc(-c4ccc(C(=O)NC5CC(O)CNC(=O)C6C(O)C(C)CN6C(=O)C(C(O)CC(N)=O)NC(=O)C(C(O)C(O)c6ccc(O)c(OSOO[O-])c6)NC(=O)C6CC(O)CN6C(=O)C(C(C)O)NC5=O)cc4)nc3s2)cc1.[Na+]. The molecule has 8 amide bonds. The number of unbranched alkanes of at least 4 members (excludes halogenated alkanes) is 2. The Labute approximate surface area is 555 Å². The molecule has 14 atom stereocenters. The van der Waals surface area contributed by atoms with Crippen LogP contribution in [0.3, 0.4) is 0 Å². The van der Waals surface area contributed by atoms with E-state index >= 15 is 0 Å². The second kappa shape index (κ2) is 32.6. The Morgan fingerprint density at radius 2 is 1.51 bits per heavy atom. The van der Waals surface area contributed by atoms with Crippen molar-refractivity contribution in [2.24, 2.45) is 11.7 Å². The number of phenols is 1. The summed E-state index contributed by atoms with van der Waals surface area (Å²) < 4.78 is 16.5. The first kappa shape index (κ1) is 72.3. The molecule has 5 aromatic rings. The fourth-order valence-electron chi connectivity index (χ4n) is 10.7. The van der Waals surface area contributed by atoms with Crippen molar-refractivity contribution in [3.63, 3.8) is 0 Å². The topological polar surface area (TPSA) is 481 Å². The summed E-state index contributed by atoms with van der Waals surface area (Å²) in [7, 11) is 0. The van der Waals surface area contributed by atoms with Gasteiger partial charge in [0.1, 0.15) is 59.2 Å². The van der Waals surface area contributed by atoms with Crippen LogP contribution < -0.4 is 76.1 Å². The summed E-state index contributed by atoms with van der Waals surface area (Å²) in [6.45, 7) is 3.41. The molecule has 492 valence electrons. The molecule has 0 radical (unpaired) electrons. The molecule has 3 fully saturated rings. The van der Waals surface area contributed by atoms with Crippen molar-refractivity contribution >= 4 is 75.9 Å². The van der Waals surface area contributed by atoms with E-state index in [1.807, 2.05) is 24.3 Å². The van der Waals surface area contributed by atoms with Crippen LogP contribution in [0.25, 0.3) is 26.8 Å². The van der Waals surface area contributed by atoms with Gasteiger partial charge in [0.2, 0.25) is 46.3 Å². The van der Waals surface area contributed by atoms with Crippen LogP contribution in [0.5, 0.6) is 17.2 Å². The number of hydrogen-bond acceptors (Lipinski definition) is 25. The van der Waals surface area contributed by atoms with Crippen molar-refractivity contribution in [2.45, 2.75) is 138 Å². The van der Waals surface area contributed by atoms with Gasteiger partial charge in [-0.15, -0.1) is 4.33 Å². The number of carbonyl (C=O) groups is 8. The van der Waals surface area contributed by atoms with Crippen molar-refractivity contribution in [1.82, 2.24) is 51.0 Å². The molecule has 35 heteroatoms. The van der Waals surface area contributed by atoms with E-state index in [9.17, 15) is 84.5 Å². The number of phenolic OH excluding ortho intramolecular Hbond substituents is 1. The Bertz CT molecular complexity index is 3390. The van der Waals surface area contributed by atoms with Gasteiger partial charge in [-0.2, -0.15) is 5.10 Å². The third-order valence-electron chi connectivity index (χ3n) is 15.5. The van der Waals surface area contributed by atoms with Crippen LogP contribution >= 0.6 is 23.7 Å². The second-order valence-corrected chi connectivity index (χ2v) is 23.7. The zero-order valence-corrected chi connectivity index (χ0v) is 53.7. The first-order chi connectivity index (χ1) is 43.4. The molecular formula is C57H70N11NaO21S2. The average molecular weight is 1330 g/mol. The van der Waals surface area contributed by atoms with Gasteiger partial charge >= 0.3 is 29.6 Å². The smallest absolute Gasteiger partial charge is 0.691 e. The Balaban J connectivity index is 0.0000120. The second-order valence-electron chi connectivity index (χ2n) is 22.3. The van der Waals surface area contributed by atoms with Crippen LogP contribution in [0.1, 0.15) is 81.3 Å². The maximum Gasteiger partial charge on any atom is 1.00 e. The van der Waals surface area contributed by atoms with E-state index in [0.717, 1.165) is 65.5 Å². The normalized spacial score (nSPS) is 24.9. The van der Waals surface area contributed by atoms with E-state index in [0.29, 0.717) is 27.8 Å². The summed E-state index contributed by atoms with van der Waals surface area (Å²) >= 11 is 1.26. The van der Waals surface area contributed by atoms with Crippen molar-refractivity contribution in [3.8, 4) is 39.1 Å². The van der Waals surface area contributed by atoms with Crippen LogP contribution in [-0.4, -0.2) is 212 Å². The van der Waals surface area contributed by atoms with E-state index in [-0.39, 0.29) is 53.0 Å². The molecule has 14 unspecified atom stereocenters. The molecule has 0 saturated carbocycles. The number of imidazole rings is 1. The van der Waals surface area contributed by atoms with Gasteiger partial charge in [-0.3, -0.25) is 43.4 Å². The first-order valence-electron chi connectivity index (χ1n) is 28.9. The number of aromatic hydroxyl groups is 1. The minimum Gasteiger partial charge on any atom is -0.691 e. The number of primary amides is 1. The van der Waals surface area contributed by atoms with Crippen molar-refractivity contribution in [1.29, 1.82) is 0 Å². The fraction of sp³-hybridized carbons (Fsp3) is 0.474. The molecule has 0 spiro atoms. The van der Waals surface area contributed by atoms with E-state index in [1.165, 1.54) is 30.4 Å². The molecule has 3 aromatic carbocycles. The Morgan fingerprint density at radius 3 is 2.17 bits per heavy atom. The van der Waals surface area contributed by atoms with Gasteiger partial charge < -0.3 is 97.1 Å². The minimum absolute atomic E-state index is 0. The first-order valence-corrected chi connectivity index (χ1v) is 30.3. The Hall–Kier alpha value is -7.13. The number of carbonyl (C=O) groups excluding carboxylic acids is 8. The molecule has 15 N–H and O–H groups in total. The quantitative estimate of drug-likeness (QED) is 0.0113. The number of amides is 8. The van der Waals surface area contributed by atoms with Gasteiger partial charge in [0.05, 0.1) is 55.4 Å². The van der Waals surface area contributed by atoms with Crippen LogP contribution in [0.15, 0.2) is 72.9 Å². The summed E-state index contributed by atoms with van der Waals surface area (Å²) in [6, 6.07) is 4.14. The van der Waals surface area contributed by atoms with E-state index < -0.39 is 183 Å². The predicted molar refractivity (Wildman–Crippen MR) is 315 cm³/mol. The number of aromatic nitrogens is 3. The van der Waals surface area contributed by atoms with Crippen molar-refractivity contribution in [3.05, 3.63) is 84.1 Å². The van der Waals surface area contributed by atoms with Gasteiger partial charge in [0, 0.05) is 55.1 Å². The monoisotopic (exact) mass is 1330 g/mol. The van der Waals surface area contributed by atoms with Gasteiger partial charge in [-0.25, -0.2) is 9.50 Å². The summed E-state index contributed by atoms with van der Waals surface area (Å²) in [5.74, 6) is -11.3. The summed E-state index contributed by atoms with van der Waals surface area (Å²) in [5.41, 5.74) is 6.94. The van der Waals surface area contributed by atoms with Crippen LogP contribution in [0, 0.1) is 5.92 Å². The van der Waals surface area contributed by atoms with Crippen LogP contribution in [0.4, 0.5) is 0 Å². The summed E-state index contributed by atoms with van der Waals surface area (Å²) in [6.07, 6.45) is -11.4. The number of rotatable bonds is 20. The van der Waals surface area contributed by atoms with Crippen LogP contribution in [0.2, 0.25) is 0 Å². The number of aliphatic hydroxyl groups excluding tert-OH is 7. The van der Waals surface area contributed by atoms with Gasteiger partial charge in [-0.05, 0) is 67.4 Å². The van der Waals surface area contributed by atoms with Crippen LogP contribution in [-0.2, 0) is 42.9 Å². The van der Waals surface area contributed by atoms with Gasteiger partial charge in [0.15, 0.2) is 11.5 Å². The molecule has 92 heavy (non-hydrogen) atoms. The summed E-state index contributed by atoms with van der Waals surface area (Å²) in [5, 5.41) is 121. The zero-order valence-electron chi connectivity index (χ0n) is 50.1. The number of nitrogens with two attached hydrogens (primary N) is 1. The maximum atomic E-state index is 14.7. The molecule has 3 aliphatic rings. The zero-order chi connectivity index (χ0) is 66.0. The molecule has 8 rings (SSSR count). The number of benzene rings is 3. The maximum absolute atomic E-state index is 14.7. The van der Waals surface area contributed by atoms with Gasteiger partial charge in [-0.1, -0.05) is 56.2 Å². The molecule has 0 aliphatic carbocycles. The Kier molecular flexibility index (Phi) is 25.6. The van der Waals surface area contributed by atoms with Gasteiger partial charge in [0.25, 0.3) is 18.2 Å². The number of β-amino-alcohol motifs (C(OH)–C–C–N with tert-alkyl or cyclic N) is 1. The third kappa shape index (κ3) is 17.6. The molecule has 0 bridgehead atoms. The number of aliphatic hydroxyl groups is 7. The largest absolute Gasteiger partial charge is 1.00 e. The standard InChI is InChI=1S/C57H71N11O21S2.Na/c1-4-5-6-17-86-34-14-11-30(12-15-34)54-65-68-25-36(61-57(68)90-54)28-7-9-29(10-8-28)49(78)60-35-19-32(70)22-59-53(82)45-46(75)26(2)23-67(45)56(84)43(39(73)21-41(58)74)63-52(81)44(48(77)47(76)31-13-16-38(72)40(18-31)87-91-89-88-85)64-51(80)37-20-33(71)24-66(37)55(83)42(27(3)69)62-50(35)79;/h7-16,18,25-27,32-33,35,37,39,42-48,69-73,75-77,85H,4-6,17,19-24H2,1-3H3,(H2,58,74)(H,59,82)(H,60,78)(H,62,79)(H,63,81)(H,64,80);/q;+1/p-1. The molecule has 2 aromatic heterocycles. The molecule has 5 heterocycles. The number of hydrogen-bond donors (Lipinski definition) is 14. The van der Waals surface area contributed by atoms with E-state index in [1.54, 1.807) is 22.8 Å². The number of nitrogens with zero attached hydrogens (tertiary/aromatic N) is 5. The number of ether oxygens (including phenoxy) is 1. The average Bonchev–Trinajstić information content (AvgIpc) is 2.04. The molecule has 3 aliphatic heterocycles. The Morgan fingerprint density at radius 1 is 0.837 bits per heavy atom. The van der Waals surface area contributed by atoms with E-state index in [2.05, 4.69) is 48.0 Å². The fourth-order valence-corrected chi connectivity index (χ4v) is 11.8. The van der Waals surface area contributed by atoms with Crippen molar-refractivity contribution < 1.29 is 132 Å². The number of fused-ring (bicyclic) bond motifs is 3. The predicted octanol–water partition coefficient (Wildman–Crippen LogP) is -6.12. The van der Waals surface area contributed by atoms with E-state index in [4.69, 9.17) is 19.6 Å².